The Kier molecular flexibility index (Phi) is 4.94. The molecule has 2 atom stereocenters. The Morgan fingerprint density at radius 3 is 2.50 bits per heavy atom. The van der Waals surface area contributed by atoms with E-state index >= 15 is 0 Å². The van der Waals surface area contributed by atoms with Crippen molar-refractivity contribution < 1.29 is 23.1 Å². The Morgan fingerprint density at radius 1 is 1.33 bits per heavy atom. The fourth-order valence-electron chi connectivity index (χ4n) is 1.92. The molecule has 0 aromatic rings. The molecular weight excluding hydrogens is 260 g/mol. The number of amides is 2. The number of carboxylic acids is 1. The van der Waals surface area contributed by atoms with E-state index in [1.165, 1.54) is 0 Å². The van der Waals surface area contributed by atoms with Gasteiger partial charge < -0.3 is 15.7 Å². The van der Waals surface area contributed by atoms with E-state index in [1.54, 1.807) is 0 Å². The molecule has 3 N–H and O–H groups in total. The van der Waals surface area contributed by atoms with Crippen molar-refractivity contribution >= 4 is 21.8 Å². The van der Waals surface area contributed by atoms with Crippen molar-refractivity contribution in [2.24, 2.45) is 5.92 Å². The zero-order valence-electron chi connectivity index (χ0n) is 10.2. The first-order valence-electron chi connectivity index (χ1n) is 5.73. The minimum atomic E-state index is -3.09. The van der Waals surface area contributed by atoms with Crippen molar-refractivity contribution in [3.63, 3.8) is 0 Å². The number of carboxylic acid groups (broad SMARTS) is 1. The topological polar surface area (TPSA) is 113 Å². The molecule has 2 amide bonds. The first-order valence-corrected chi connectivity index (χ1v) is 7.79. The smallest absolute Gasteiger partial charge is 0.315 e. The van der Waals surface area contributed by atoms with Gasteiger partial charge in [-0.1, -0.05) is 0 Å². The Balaban J connectivity index is 2.23. The molecule has 7 nitrogen and oxygen atoms in total. The quantitative estimate of drug-likeness (QED) is 0.632. The molecular formula is C10H18N2O5S. The van der Waals surface area contributed by atoms with E-state index in [4.69, 9.17) is 5.11 Å². The van der Waals surface area contributed by atoms with E-state index in [0.29, 0.717) is 19.3 Å². The maximum atomic E-state index is 11.4. The molecule has 0 aromatic carbocycles. The molecule has 18 heavy (non-hydrogen) atoms. The summed E-state index contributed by atoms with van der Waals surface area (Å²) in [6.07, 6.45) is 2.72. The molecule has 0 aromatic heterocycles. The van der Waals surface area contributed by atoms with E-state index in [-0.39, 0.29) is 18.3 Å². The lowest BCUT2D eigenvalue weighted by Crippen LogP contribution is -2.42. The van der Waals surface area contributed by atoms with Crippen LogP contribution in [-0.2, 0) is 14.6 Å². The first kappa shape index (κ1) is 14.7. The van der Waals surface area contributed by atoms with Crippen LogP contribution in [0.5, 0.6) is 0 Å². The van der Waals surface area contributed by atoms with E-state index in [9.17, 15) is 18.0 Å². The number of sulfone groups is 1. The fourth-order valence-corrected chi connectivity index (χ4v) is 2.40. The summed E-state index contributed by atoms with van der Waals surface area (Å²) in [4.78, 5) is 22.1. The number of hydrogen-bond donors (Lipinski definition) is 3. The van der Waals surface area contributed by atoms with Crippen LogP contribution in [0.25, 0.3) is 0 Å². The van der Waals surface area contributed by atoms with Crippen LogP contribution in [0, 0.1) is 5.92 Å². The van der Waals surface area contributed by atoms with Gasteiger partial charge in [0.2, 0.25) is 0 Å². The average molecular weight is 278 g/mol. The summed E-state index contributed by atoms with van der Waals surface area (Å²) >= 11 is 0. The summed E-state index contributed by atoms with van der Waals surface area (Å²) in [5.74, 6) is -1.34. The summed E-state index contributed by atoms with van der Waals surface area (Å²) in [6.45, 7) is 0.0553. The molecule has 1 saturated carbocycles. The van der Waals surface area contributed by atoms with Gasteiger partial charge >= 0.3 is 12.0 Å². The van der Waals surface area contributed by atoms with Gasteiger partial charge in [0.1, 0.15) is 9.84 Å². The summed E-state index contributed by atoms with van der Waals surface area (Å²) in [6, 6.07) is -0.598. The molecule has 0 heterocycles. The van der Waals surface area contributed by atoms with Gasteiger partial charge in [0.25, 0.3) is 0 Å². The van der Waals surface area contributed by atoms with Crippen molar-refractivity contribution in [3.8, 4) is 0 Å². The second-order valence-electron chi connectivity index (χ2n) is 4.58. The number of rotatable bonds is 5. The zero-order chi connectivity index (χ0) is 13.8. The van der Waals surface area contributed by atoms with Crippen molar-refractivity contribution in [3.05, 3.63) is 0 Å². The molecule has 1 fully saturated rings. The fraction of sp³-hybridized carbons (Fsp3) is 0.800. The van der Waals surface area contributed by atoms with Crippen LogP contribution in [0.2, 0.25) is 0 Å². The number of carbonyl (C=O) groups is 2. The normalized spacial score (nSPS) is 23.6. The van der Waals surface area contributed by atoms with E-state index in [1.807, 2.05) is 0 Å². The number of aliphatic carboxylic acids is 1. The van der Waals surface area contributed by atoms with Crippen LogP contribution in [0.3, 0.4) is 0 Å². The molecule has 0 bridgehead atoms. The third-order valence-electron chi connectivity index (χ3n) is 2.88. The lowest BCUT2D eigenvalue weighted by Gasteiger charge is -2.13. The summed E-state index contributed by atoms with van der Waals surface area (Å²) < 4.78 is 21.7. The molecule has 0 spiro atoms. The van der Waals surface area contributed by atoms with Gasteiger partial charge in [0.05, 0.1) is 11.7 Å². The highest BCUT2D eigenvalue weighted by Crippen LogP contribution is 2.25. The Hall–Kier alpha value is -1.31. The number of hydrogen-bond acceptors (Lipinski definition) is 4. The highest BCUT2D eigenvalue weighted by atomic mass is 32.2. The molecule has 1 rings (SSSR count). The number of nitrogens with one attached hydrogen (secondary N) is 2. The van der Waals surface area contributed by atoms with E-state index in [2.05, 4.69) is 10.6 Å². The number of urea groups is 1. The maximum absolute atomic E-state index is 11.4. The standard InChI is InChI=1S/C10H18N2O5S/c1-18(16,17)5-4-11-10(15)12-8-3-2-7(6-8)9(13)14/h7-8H,2-6H2,1H3,(H,13,14)(H2,11,12,15)/t7-,8+/m1/s1. The second-order valence-corrected chi connectivity index (χ2v) is 6.84. The Labute approximate surface area is 106 Å². The highest BCUT2D eigenvalue weighted by Gasteiger charge is 2.30. The molecule has 0 radical (unpaired) electrons. The molecule has 8 heteroatoms. The van der Waals surface area contributed by atoms with Gasteiger partial charge in [-0.15, -0.1) is 0 Å². The molecule has 0 unspecified atom stereocenters. The number of carbonyl (C=O) groups excluding carboxylic acids is 1. The molecule has 1 aliphatic rings. The molecule has 1 aliphatic carbocycles. The average Bonchev–Trinajstić information content (AvgIpc) is 2.64. The largest absolute Gasteiger partial charge is 0.481 e. The van der Waals surface area contributed by atoms with Gasteiger partial charge in [0.15, 0.2) is 0 Å². The van der Waals surface area contributed by atoms with Crippen LogP contribution < -0.4 is 10.6 Å². The Bertz CT molecular complexity index is 420. The predicted molar refractivity (Wildman–Crippen MR) is 65.0 cm³/mol. The third-order valence-corrected chi connectivity index (χ3v) is 3.82. The van der Waals surface area contributed by atoms with Gasteiger partial charge in [-0.05, 0) is 19.3 Å². The van der Waals surface area contributed by atoms with Crippen LogP contribution in [0.15, 0.2) is 0 Å². The lowest BCUT2D eigenvalue weighted by atomic mass is 10.1. The van der Waals surface area contributed by atoms with E-state index < -0.39 is 27.8 Å². The summed E-state index contributed by atoms with van der Waals surface area (Å²) in [7, 11) is -3.09. The summed E-state index contributed by atoms with van der Waals surface area (Å²) in [5, 5.41) is 13.9. The first-order chi connectivity index (χ1) is 8.28. The third kappa shape index (κ3) is 5.35. The van der Waals surface area contributed by atoms with Crippen molar-refractivity contribution in [1.29, 1.82) is 0 Å². The minimum Gasteiger partial charge on any atom is -0.481 e. The monoisotopic (exact) mass is 278 g/mol. The molecule has 104 valence electrons. The Morgan fingerprint density at radius 2 is 2.00 bits per heavy atom. The SMILES string of the molecule is CS(=O)(=O)CCNC(=O)N[C@H]1CC[C@@H](C(=O)O)C1. The van der Waals surface area contributed by atoms with Gasteiger partial charge in [0, 0.05) is 18.8 Å². The van der Waals surface area contributed by atoms with E-state index in [0.717, 1.165) is 6.26 Å². The van der Waals surface area contributed by atoms with Crippen molar-refractivity contribution in [2.75, 3.05) is 18.6 Å². The predicted octanol–water partition coefficient (Wildman–Crippen LogP) is -0.416. The van der Waals surface area contributed by atoms with Crippen molar-refractivity contribution in [2.45, 2.75) is 25.3 Å². The van der Waals surface area contributed by atoms with Crippen LogP contribution >= 0.6 is 0 Å². The maximum Gasteiger partial charge on any atom is 0.315 e. The van der Waals surface area contributed by atoms with Gasteiger partial charge in [-0.3, -0.25) is 4.79 Å². The summed E-state index contributed by atoms with van der Waals surface area (Å²) in [5.41, 5.74) is 0. The highest BCUT2D eigenvalue weighted by molar-refractivity contribution is 7.90. The van der Waals surface area contributed by atoms with Crippen LogP contribution in [-0.4, -0.2) is 50.1 Å². The second kappa shape index (κ2) is 6.03. The van der Waals surface area contributed by atoms with Gasteiger partial charge in [-0.25, -0.2) is 13.2 Å². The van der Waals surface area contributed by atoms with Crippen molar-refractivity contribution in [1.82, 2.24) is 10.6 Å². The van der Waals surface area contributed by atoms with Crippen LogP contribution in [0.4, 0.5) is 4.79 Å². The lowest BCUT2D eigenvalue weighted by molar-refractivity contribution is -0.141. The zero-order valence-corrected chi connectivity index (χ0v) is 11.0. The van der Waals surface area contributed by atoms with Gasteiger partial charge in [-0.2, -0.15) is 0 Å². The minimum absolute atomic E-state index is 0.0553. The molecule has 0 saturated heterocycles. The molecule has 0 aliphatic heterocycles. The van der Waals surface area contributed by atoms with Crippen LogP contribution in [0.1, 0.15) is 19.3 Å².